The highest BCUT2D eigenvalue weighted by molar-refractivity contribution is 8.18. The van der Waals surface area contributed by atoms with Gasteiger partial charge in [0.1, 0.15) is 0 Å². The fourth-order valence-corrected chi connectivity index (χ4v) is 5.05. The quantitative estimate of drug-likeness (QED) is 0.266. The number of benzene rings is 3. The maximum Gasteiger partial charge on any atom is 0.293 e. The van der Waals surface area contributed by atoms with E-state index in [1.807, 2.05) is 39.0 Å². The Morgan fingerprint density at radius 3 is 2.49 bits per heavy atom. The van der Waals surface area contributed by atoms with Gasteiger partial charge in [0.05, 0.1) is 28.1 Å². The SMILES string of the molecule is CCOc1cc(/C=C2\SC(=O)N(Cc3ccc(Cl)c(Cl)c3)C2=O)ccc1OCC(=O)Nc1ccc(C)cc1C. The molecule has 0 spiro atoms. The third-order valence-electron chi connectivity index (χ3n) is 5.78. The van der Waals surface area contributed by atoms with Crippen molar-refractivity contribution in [3.8, 4) is 11.5 Å². The Labute approximate surface area is 241 Å². The number of amides is 3. The number of carbonyl (C=O) groups excluding carboxylic acids is 3. The normalized spacial score (nSPS) is 14.2. The molecule has 1 fully saturated rings. The number of halogens is 2. The first-order chi connectivity index (χ1) is 18.6. The largest absolute Gasteiger partial charge is 0.490 e. The van der Waals surface area contributed by atoms with Crippen molar-refractivity contribution in [1.82, 2.24) is 4.90 Å². The van der Waals surface area contributed by atoms with Crippen molar-refractivity contribution in [2.24, 2.45) is 0 Å². The zero-order valence-corrected chi connectivity index (χ0v) is 23.9. The van der Waals surface area contributed by atoms with Gasteiger partial charge >= 0.3 is 0 Å². The summed E-state index contributed by atoms with van der Waals surface area (Å²) < 4.78 is 11.5. The average Bonchev–Trinajstić information content (AvgIpc) is 3.15. The third kappa shape index (κ3) is 7.15. The Bertz CT molecular complexity index is 1470. The summed E-state index contributed by atoms with van der Waals surface area (Å²) in [7, 11) is 0. The van der Waals surface area contributed by atoms with Crippen LogP contribution in [0.2, 0.25) is 10.0 Å². The van der Waals surface area contributed by atoms with Crippen molar-refractivity contribution in [3.05, 3.63) is 91.8 Å². The molecule has 0 unspecified atom stereocenters. The van der Waals surface area contributed by atoms with Crippen molar-refractivity contribution < 1.29 is 23.9 Å². The minimum absolute atomic E-state index is 0.0834. The van der Waals surface area contributed by atoms with Crippen LogP contribution < -0.4 is 14.8 Å². The van der Waals surface area contributed by atoms with Crippen LogP contribution in [0.1, 0.15) is 29.2 Å². The number of aryl methyl sites for hydroxylation is 2. The number of ether oxygens (including phenoxy) is 2. The molecule has 3 aromatic rings. The molecule has 10 heteroatoms. The smallest absolute Gasteiger partial charge is 0.293 e. The molecule has 0 aliphatic carbocycles. The van der Waals surface area contributed by atoms with Crippen LogP contribution >= 0.6 is 35.0 Å². The van der Waals surface area contributed by atoms with Crippen LogP contribution in [0.4, 0.5) is 10.5 Å². The molecule has 1 aliphatic rings. The first kappa shape index (κ1) is 28.5. The van der Waals surface area contributed by atoms with Gasteiger partial charge in [-0.05, 0) is 85.6 Å². The summed E-state index contributed by atoms with van der Waals surface area (Å²) >= 11 is 12.9. The van der Waals surface area contributed by atoms with Crippen LogP contribution in [-0.2, 0) is 16.1 Å². The minimum Gasteiger partial charge on any atom is -0.490 e. The lowest BCUT2D eigenvalue weighted by Gasteiger charge is -2.14. The minimum atomic E-state index is -0.405. The predicted octanol–water partition coefficient (Wildman–Crippen LogP) is 7.26. The molecule has 0 radical (unpaired) electrons. The highest BCUT2D eigenvalue weighted by atomic mass is 35.5. The van der Waals surface area contributed by atoms with Crippen LogP contribution in [0.5, 0.6) is 11.5 Å². The molecular weight excluding hydrogens is 559 g/mol. The van der Waals surface area contributed by atoms with E-state index in [0.29, 0.717) is 39.3 Å². The maximum absolute atomic E-state index is 13.0. The summed E-state index contributed by atoms with van der Waals surface area (Å²) in [6.07, 6.45) is 1.62. The van der Waals surface area contributed by atoms with E-state index in [2.05, 4.69) is 5.32 Å². The molecule has 202 valence electrons. The molecule has 3 amide bonds. The third-order valence-corrected chi connectivity index (χ3v) is 7.42. The molecule has 0 aromatic heterocycles. The molecule has 7 nitrogen and oxygen atoms in total. The monoisotopic (exact) mass is 584 g/mol. The zero-order valence-electron chi connectivity index (χ0n) is 21.5. The Morgan fingerprint density at radius 1 is 0.974 bits per heavy atom. The number of anilines is 1. The summed E-state index contributed by atoms with van der Waals surface area (Å²) in [5, 5.41) is 3.22. The van der Waals surface area contributed by atoms with E-state index >= 15 is 0 Å². The molecule has 3 aromatic carbocycles. The van der Waals surface area contributed by atoms with E-state index in [4.69, 9.17) is 32.7 Å². The highest BCUT2D eigenvalue weighted by Crippen LogP contribution is 2.36. The number of carbonyl (C=O) groups is 3. The Kier molecular flexibility index (Phi) is 9.22. The number of nitrogens with zero attached hydrogens (tertiary/aromatic N) is 1. The molecule has 0 bridgehead atoms. The Balaban J connectivity index is 1.44. The molecule has 1 N–H and O–H groups in total. The van der Waals surface area contributed by atoms with Crippen molar-refractivity contribution in [3.63, 3.8) is 0 Å². The lowest BCUT2D eigenvalue weighted by atomic mass is 10.1. The molecule has 39 heavy (non-hydrogen) atoms. The van der Waals surface area contributed by atoms with Crippen molar-refractivity contribution in [1.29, 1.82) is 0 Å². The summed E-state index contributed by atoms with van der Waals surface area (Å²) in [5.41, 5.74) is 4.13. The van der Waals surface area contributed by atoms with Crippen molar-refractivity contribution in [2.45, 2.75) is 27.3 Å². The van der Waals surface area contributed by atoms with E-state index in [9.17, 15) is 14.4 Å². The second-order valence-corrected chi connectivity index (χ2v) is 10.6. The molecule has 1 saturated heterocycles. The Morgan fingerprint density at radius 2 is 1.77 bits per heavy atom. The van der Waals surface area contributed by atoms with Crippen LogP contribution in [0, 0.1) is 13.8 Å². The molecule has 0 saturated carbocycles. The predicted molar refractivity (Wildman–Crippen MR) is 156 cm³/mol. The zero-order chi connectivity index (χ0) is 28.1. The van der Waals surface area contributed by atoms with Gasteiger partial charge in [0.25, 0.3) is 17.1 Å². The fraction of sp³-hybridized carbons (Fsp3) is 0.207. The van der Waals surface area contributed by atoms with Gasteiger partial charge in [-0.15, -0.1) is 0 Å². The molecular formula is C29H26Cl2N2O5S. The number of rotatable bonds is 9. The van der Waals surface area contributed by atoms with Gasteiger partial charge in [0.15, 0.2) is 18.1 Å². The van der Waals surface area contributed by atoms with Crippen LogP contribution in [0.25, 0.3) is 6.08 Å². The Hall–Kier alpha value is -3.46. The molecule has 4 rings (SSSR count). The van der Waals surface area contributed by atoms with E-state index in [1.54, 1.807) is 42.5 Å². The van der Waals surface area contributed by atoms with E-state index < -0.39 is 5.91 Å². The molecule has 1 heterocycles. The van der Waals surface area contributed by atoms with E-state index in [1.165, 1.54) is 0 Å². The van der Waals surface area contributed by atoms with Crippen LogP contribution in [0.15, 0.2) is 59.5 Å². The van der Waals surface area contributed by atoms with Crippen molar-refractivity contribution >= 4 is 63.8 Å². The van der Waals surface area contributed by atoms with Gasteiger partial charge in [0.2, 0.25) is 0 Å². The highest BCUT2D eigenvalue weighted by Gasteiger charge is 2.35. The van der Waals surface area contributed by atoms with Gasteiger partial charge in [-0.2, -0.15) is 0 Å². The van der Waals surface area contributed by atoms with Gasteiger partial charge in [0, 0.05) is 5.69 Å². The standard InChI is InChI=1S/C29H26Cl2N2O5S/c1-4-37-25-13-19(7-10-24(25)38-16-27(34)32-23-9-5-17(2)11-18(23)3)14-26-28(35)33(29(36)39-26)15-20-6-8-21(30)22(31)12-20/h5-14H,4,15-16H2,1-3H3,(H,32,34)/b26-14-. The number of imide groups is 1. The van der Waals surface area contributed by atoms with E-state index in [-0.39, 0.29) is 29.2 Å². The van der Waals surface area contributed by atoms with E-state index in [0.717, 1.165) is 33.5 Å². The van der Waals surface area contributed by atoms with Gasteiger partial charge in [-0.25, -0.2) is 0 Å². The van der Waals surface area contributed by atoms with Crippen LogP contribution in [0.3, 0.4) is 0 Å². The first-order valence-corrected chi connectivity index (χ1v) is 13.7. The second-order valence-electron chi connectivity index (χ2n) is 8.81. The van der Waals surface area contributed by atoms with Gasteiger partial charge < -0.3 is 14.8 Å². The topological polar surface area (TPSA) is 84.9 Å². The fourth-order valence-electron chi connectivity index (χ4n) is 3.89. The van der Waals surface area contributed by atoms with Gasteiger partial charge in [-0.1, -0.05) is 53.0 Å². The lowest BCUT2D eigenvalue weighted by molar-refractivity contribution is -0.123. The number of hydrogen-bond donors (Lipinski definition) is 1. The molecule has 1 aliphatic heterocycles. The lowest BCUT2D eigenvalue weighted by Crippen LogP contribution is -2.27. The maximum atomic E-state index is 13.0. The number of nitrogens with one attached hydrogen (secondary N) is 1. The van der Waals surface area contributed by atoms with Crippen molar-refractivity contribution in [2.75, 3.05) is 18.5 Å². The van der Waals surface area contributed by atoms with Crippen LogP contribution in [-0.4, -0.2) is 35.2 Å². The summed E-state index contributed by atoms with van der Waals surface area (Å²) in [6.45, 7) is 5.99. The second kappa shape index (κ2) is 12.6. The van der Waals surface area contributed by atoms with Gasteiger partial charge in [-0.3, -0.25) is 19.3 Å². The molecule has 0 atom stereocenters. The number of hydrogen-bond acceptors (Lipinski definition) is 6. The average molecular weight is 586 g/mol. The number of thioether (sulfide) groups is 1. The summed E-state index contributed by atoms with van der Waals surface area (Å²) in [5.74, 6) is 0.0969. The summed E-state index contributed by atoms with van der Waals surface area (Å²) in [6, 6.07) is 15.8. The summed E-state index contributed by atoms with van der Waals surface area (Å²) in [4.78, 5) is 39.5. The first-order valence-electron chi connectivity index (χ1n) is 12.1.